The van der Waals surface area contributed by atoms with Crippen molar-refractivity contribution in [2.75, 3.05) is 23.3 Å². The highest BCUT2D eigenvalue weighted by Gasteiger charge is 2.52. The largest absolute Gasteiger partial charge is 0.498 e. The van der Waals surface area contributed by atoms with Crippen LogP contribution in [0.25, 0.3) is 54.6 Å². The van der Waals surface area contributed by atoms with Crippen molar-refractivity contribution in [1.82, 2.24) is 50.4 Å². The van der Waals surface area contributed by atoms with Gasteiger partial charge in [-0.1, -0.05) is 46.3 Å². The predicted molar refractivity (Wildman–Crippen MR) is 290 cm³/mol. The quantitative estimate of drug-likeness (QED) is 0.0879. The van der Waals surface area contributed by atoms with Gasteiger partial charge in [-0.25, -0.2) is 19.7 Å². The summed E-state index contributed by atoms with van der Waals surface area (Å²) in [6.45, 7) is 16.0. The van der Waals surface area contributed by atoms with E-state index in [1.54, 1.807) is 48.3 Å². The van der Waals surface area contributed by atoms with E-state index in [4.69, 9.17) is 25.5 Å². The van der Waals surface area contributed by atoms with Gasteiger partial charge in [0, 0.05) is 93.2 Å². The van der Waals surface area contributed by atoms with Gasteiger partial charge in [0.15, 0.2) is 0 Å². The SMILES string of the molecule is CC1(C)OB(c2cn[nH]c2)OC1(C)C.C[C@H]1[C@@H](C(=O)Nc2cc3cc(-c4cn[nH]c4)ccc3cn2)CCN1C(=O)OC(C)(C)C.Nc1cc2cc(-c3cn[nH]c3)ccc2cn1.Nc1cc2cc(Br)ccc2cn1. The minimum absolute atomic E-state index is 0.142. The summed E-state index contributed by atoms with van der Waals surface area (Å²) >= 11 is 3.40. The number of hydrogen-bond donors (Lipinski definition) is 6. The van der Waals surface area contributed by atoms with Crippen molar-refractivity contribution in [2.45, 2.75) is 84.7 Å². The van der Waals surface area contributed by atoms with Gasteiger partial charge in [0.05, 0.1) is 29.5 Å². The van der Waals surface area contributed by atoms with Crippen LogP contribution in [0.5, 0.6) is 0 Å². The monoisotopic (exact) mass is 1050 g/mol. The molecular formula is C53H59BBrN13O5. The molecule has 2 saturated heterocycles. The molecule has 9 aromatic rings. The Labute approximate surface area is 431 Å². The number of nitrogen functional groups attached to an aromatic ring is 2. The third-order valence-corrected chi connectivity index (χ3v) is 13.3. The number of anilines is 3. The number of likely N-dealkylation sites (tertiary alicyclic amines) is 1. The normalized spacial score (nSPS) is 16.7. The molecule has 2 amide bonds. The molecule has 3 aromatic carbocycles. The summed E-state index contributed by atoms with van der Waals surface area (Å²) in [5.74, 6) is 1.13. The van der Waals surface area contributed by atoms with Gasteiger partial charge in [0.25, 0.3) is 0 Å². The van der Waals surface area contributed by atoms with Crippen LogP contribution in [0.15, 0.2) is 133 Å². The van der Waals surface area contributed by atoms with Crippen LogP contribution in [-0.2, 0) is 18.8 Å². The number of benzene rings is 3. The molecule has 8 N–H and O–H groups in total. The fraction of sp³-hybridized carbons (Fsp3) is 0.283. The van der Waals surface area contributed by atoms with Crippen LogP contribution in [0.4, 0.5) is 22.2 Å². The van der Waals surface area contributed by atoms with Crippen molar-refractivity contribution in [3.05, 3.63) is 133 Å². The van der Waals surface area contributed by atoms with E-state index >= 15 is 0 Å². The van der Waals surface area contributed by atoms with Crippen molar-refractivity contribution >= 4 is 90.3 Å². The Kier molecular flexibility index (Phi) is 15.3. The second-order valence-electron chi connectivity index (χ2n) is 19.8. The number of pyridine rings is 3. The topological polar surface area (TPSA) is 254 Å². The maximum Gasteiger partial charge on any atom is 0.498 e. The molecule has 2 aliphatic heterocycles. The Hall–Kier alpha value is -7.68. The molecular weight excluding hydrogens is 989 g/mol. The van der Waals surface area contributed by atoms with Gasteiger partial charge in [0.1, 0.15) is 23.1 Å². The molecule has 2 aliphatic rings. The summed E-state index contributed by atoms with van der Waals surface area (Å²) in [5.41, 5.74) is 15.2. The van der Waals surface area contributed by atoms with E-state index in [1.807, 2.05) is 135 Å². The first-order valence-electron chi connectivity index (χ1n) is 23.7. The van der Waals surface area contributed by atoms with Crippen molar-refractivity contribution in [1.29, 1.82) is 0 Å². The molecule has 8 heterocycles. The maximum absolute atomic E-state index is 12.9. The van der Waals surface area contributed by atoms with E-state index in [2.05, 4.69) is 72.9 Å². The van der Waals surface area contributed by atoms with Gasteiger partial charge in [0.2, 0.25) is 5.91 Å². The molecule has 18 nitrogen and oxygen atoms in total. The van der Waals surface area contributed by atoms with E-state index in [0.717, 1.165) is 64.5 Å². The number of nitrogens with zero attached hydrogens (tertiary/aromatic N) is 7. The third kappa shape index (κ3) is 12.7. The zero-order valence-corrected chi connectivity index (χ0v) is 43.6. The summed E-state index contributed by atoms with van der Waals surface area (Å²) in [6.07, 6.45) is 16.3. The number of amides is 2. The van der Waals surface area contributed by atoms with E-state index in [0.29, 0.717) is 30.4 Å². The highest BCUT2D eigenvalue weighted by Crippen LogP contribution is 2.36. The van der Waals surface area contributed by atoms with Crippen LogP contribution >= 0.6 is 15.9 Å². The Morgan fingerprint density at radius 3 is 1.71 bits per heavy atom. The number of ether oxygens (including phenoxy) is 1. The highest BCUT2D eigenvalue weighted by molar-refractivity contribution is 9.10. The Morgan fingerprint density at radius 1 is 0.685 bits per heavy atom. The number of H-pyrrole nitrogens is 3. The van der Waals surface area contributed by atoms with Crippen LogP contribution in [0.3, 0.4) is 0 Å². The lowest BCUT2D eigenvalue weighted by Gasteiger charge is -2.32. The number of carbonyl (C=O) groups is 2. The van der Waals surface area contributed by atoms with Gasteiger partial charge >= 0.3 is 13.2 Å². The molecule has 6 aromatic heterocycles. The summed E-state index contributed by atoms with van der Waals surface area (Å²) in [5, 5.41) is 29.4. The molecule has 0 radical (unpaired) electrons. The van der Waals surface area contributed by atoms with Gasteiger partial charge in [-0.2, -0.15) is 15.3 Å². The Bertz CT molecular complexity index is 3280. The molecule has 376 valence electrons. The number of rotatable bonds is 5. The van der Waals surface area contributed by atoms with Crippen molar-refractivity contribution < 1.29 is 23.6 Å². The van der Waals surface area contributed by atoms with Crippen LogP contribution < -0.4 is 22.2 Å². The van der Waals surface area contributed by atoms with E-state index in [1.165, 1.54) is 0 Å². The zero-order valence-electron chi connectivity index (χ0n) is 42.0. The lowest BCUT2D eigenvalue weighted by molar-refractivity contribution is -0.120. The summed E-state index contributed by atoms with van der Waals surface area (Å²) < 4.78 is 18.2. The first-order valence-corrected chi connectivity index (χ1v) is 24.5. The average molecular weight is 1050 g/mol. The molecule has 11 rings (SSSR count). The number of aromatic nitrogens is 9. The fourth-order valence-electron chi connectivity index (χ4n) is 8.13. The molecule has 0 unspecified atom stereocenters. The van der Waals surface area contributed by atoms with Crippen molar-refractivity contribution in [3.8, 4) is 22.3 Å². The minimum Gasteiger partial charge on any atom is -0.444 e. The molecule has 2 fully saturated rings. The van der Waals surface area contributed by atoms with Crippen molar-refractivity contribution in [2.24, 2.45) is 5.92 Å². The van der Waals surface area contributed by atoms with E-state index in [9.17, 15) is 9.59 Å². The number of aromatic amines is 3. The number of nitrogens with one attached hydrogen (secondary N) is 4. The molecule has 73 heavy (non-hydrogen) atoms. The van der Waals surface area contributed by atoms with Gasteiger partial charge < -0.3 is 35.7 Å². The first kappa shape index (κ1) is 51.7. The van der Waals surface area contributed by atoms with Crippen LogP contribution in [0.2, 0.25) is 0 Å². The lowest BCUT2D eigenvalue weighted by atomic mass is 9.82. The highest BCUT2D eigenvalue weighted by atomic mass is 79.9. The average Bonchev–Trinajstić information content (AvgIpc) is 4.21. The first-order chi connectivity index (χ1) is 34.7. The number of nitrogens with two attached hydrogens (primary N) is 2. The van der Waals surface area contributed by atoms with Gasteiger partial charge in [-0.15, -0.1) is 0 Å². The van der Waals surface area contributed by atoms with E-state index in [-0.39, 0.29) is 42.3 Å². The third-order valence-electron chi connectivity index (χ3n) is 12.8. The second kappa shape index (κ2) is 21.6. The maximum atomic E-state index is 12.9. The Balaban J connectivity index is 0.000000142. The number of carbonyl (C=O) groups excluding carboxylic acids is 2. The Morgan fingerprint density at radius 2 is 1.19 bits per heavy atom. The van der Waals surface area contributed by atoms with Crippen molar-refractivity contribution in [3.63, 3.8) is 0 Å². The summed E-state index contributed by atoms with van der Waals surface area (Å²) in [4.78, 5) is 39.4. The number of halogens is 1. The number of fused-ring (bicyclic) bond motifs is 3. The zero-order chi connectivity index (χ0) is 52.1. The lowest BCUT2D eigenvalue weighted by Crippen LogP contribution is -2.41. The minimum atomic E-state index is -0.568. The smallest absolute Gasteiger partial charge is 0.444 e. The molecule has 2 atom stereocenters. The van der Waals surface area contributed by atoms with E-state index < -0.39 is 5.60 Å². The molecule has 0 bridgehead atoms. The number of hydrogen-bond acceptors (Lipinski definition) is 13. The van der Waals surface area contributed by atoms with Crippen LogP contribution in [-0.4, -0.2) is 99.0 Å². The molecule has 20 heteroatoms. The molecule has 0 aliphatic carbocycles. The van der Waals surface area contributed by atoms with Crippen LogP contribution in [0.1, 0.15) is 61.8 Å². The summed E-state index contributed by atoms with van der Waals surface area (Å²) in [7, 11) is -0.307. The van der Waals surface area contributed by atoms with Crippen LogP contribution in [0, 0.1) is 5.92 Å². The van der Waals surface area contributed by atoms with Gasteiger partial charge in [-0.3, -0.25) is 20.1 Å². The second-order valence-corrected chi connectivity index (χ2v) is 20.7. The summed E-state index contributed by atoms with van der Waals surface area (Å²) in [6, 6.07) is 23.6. The predicted octanol–water partition coefficient (Wildman–Crippen LogP) is 9.70. The standard InChI is InChI=1S/C23H27N5O3.C12H10N4.C9H15BN2O2.C9H7BrN2/c1-14-19(7-8-28(14)22(30)31-23(2,3)4)21(29)27-20-10-17-9-15(18-12-25-26-13-18)5-6-16(17)11-24-20;13-12-4-10-3-8(11-6-15-16-7-11)1-2-9(10)5-14-12;1-8(2)9(3,4)14-10(13-8)7-5-11-12-6-7;10-8-2-1-6-5-12-9(11)4-7(6)3-8/h5-6,9-14,19H,7-8H2,1-4H3,(H,25,26)(H,24,27,29);1-7H,(H2,13,14)(H,15,16);5-6H,1-4H3,(H,11,12);1-5H,(H2,11,12)/t14-,19-;;;/m0.../s1. The van der Waals surface area contributed by atoms with Gasteiger partial charge in [-0.05, 0) is 132 Å². The molecule has 0 spiro atoms. The fourth-order valence-corrected chi connectivity index (χ4v) is 8.51. The molecule has 0 saturated carbocycles.